The molecule has 0 fully saturated rings. The highest BCUT2D eigenvalue weighted by atomic mass is 19.4. The van der Waals surface area contributed by atoms with Crippen LogP contribution in [0.5, 0.6) is 0 Å². The number of hydrogen-bond donors (Lipinski definition) is 1. The lowest BCUT2D eigenvalue weighted by Gasteiger charge is -2.33. The molecule has 1 heterocycles. The smallest absolute Gasteiger partial charge is 0.401 e. The van der Waals surface area contributed by atoms with E-state index < -0.39 is 24.8 Å². The van der Waals surface area contributed by atoms with E-state index in [9.17, 15) is 13.2 Å². The lowest BCUT2D eigenvalue weighted by atomic mass is 10.1. The molecule has 1 rings (SSSR count). The average Bonchev–Trinajstić information content (AvgIpc) is 2.62. The van der Waals surface area contributed by atoms with Crippen LogP contribution in [0, 0.1) is 6.92 Å². The summed E-state index contributed by atoms with van der Waals surface area (Å²) >= 11 is 0. The van der Waals surface area contributed by atoms with Crippen LogP contribution in [0.3, 0.4) is 0 Å². The van der Waals surface area contributed by atoms with E-state index in [1.807, 2.05) is 6.92 Å². The van der Waals surface area contributed by atoms with Crippen LogP contribution in [0.25, 0.3) is 0 Å². The van der Waals surface area contributed by atoms with Gasteiger partial charge in [0.25, 0.3) is 0 Å². The molecule has 0 saturated carbocycles. The summed E-state index contributed by atoms with van der Waals surface area (Å²) in [7, 11) is 0. The van der Waals surface area contributed by atoms with Crippen LogP contribution in [0.15, 0.2) is 16.5 Å². The van der Waals surface area contributed by atoms with E-state index in [1.165, 1.54) is 4.90 Å². The van der Waals surface area contributed by atoms with Crippen molar-refractivity contribution in [1.82, 2.24) is 4.90 Å². The van der Waals surface area contributed by atoms with Crippen LogP contribution in [0.4, 0.5) is 13.2 Å². The minimum absolute atomic E-state index is 0.325. The summed E-state index contributed by atoms with van der Waals surface area (Å²) in [6.45, 7) is 4.64. The molecular formula is C13H21F3N2O. The molecule has 3 nitrogen and oxygen atoms in total. The van der Waals surface area contributed by atoms with Gasteiger partial charge in [-0.15, -0.1) is 0 Å². The van der Waals surface area contributed by atoms with Crippen molar-refractivity contribution in [1.29, 1.82) is 0 Å². The first kappa shape index (κ1) is 16.0. The standard InChI is InChI=1S/C13H21F3N2O/c1-4-7-18(8-13(14,15)16)12(10(3)17)11-6-5-9(2)19-11/h5-6,10,12H,4,7-8,17H2,1-3H3. The molecule has 2 atom stereocenters. The molecule has 0 aromatic carbocycles. The maximum absolute atomic E-state index is 12.7. The number of aryl methyl sites for hydroxylation is 1. The van der Waals surface area contributed by atoms with Crippen molar-refractivity contribution in [2.45, 2.75) is 45.5 Å². The fourth-order valence-corrected chi connectivity index (χ4v) is 2.22. The molecule has 6 heteroatoms. The van der Waals surface area contributed by atoms with Crippen molar-refractivity contribution in [3.63, 3.8) is 0 Å². The second-order valence-electron chi connectivity index (χ2n) is 4.84. The predicted octanol–water partition coefficient (Wildman–Crippen LogP) is 3.25. The van der Waals surface area contributed by atoms with E-state index in [0.717, 1.165) is 0 Å². The molecule has 110 valence electrons. The van der Waals surface area contributed by atoms with E-state index in [0.29, 0.717) is 24.5 Å². The molecular weight excluding hydrogens is 257 g/mol. The maximum atomic E-state index is 12.7. The second kappa shape index (κ2) is 6.43. The van der Waals surface area contributed by atoms with Crippen LogP contribution in [0.1, 0.15) is 37.8 Å². The molecule has 2 unspecified atom stereocenters. The van der Waals surface area contributed by atoms with Crippen molar-refractivity contribution in [2.24, 2.45) is 5.73 Å². The van der Waals surface area contributed by atoms with Crippen LogP contribution in [-0.2, 0) is 0 Å². The number of halogens is 3. The third-order valence-corrected chi connectivity index (χ3v) is 2.84. The molecule has 0 saturated heterocycles. The first-order valence-electron chi connectivity index (χ1n) is 6.37. The molecule has 0 aliphatic heterocycles. The summed E-state index contributed by atoms with van der Waals surface area (Å²) in [6, 6.07) is 2.43. The first-order chi connectivity index (χ1) is 8.74. The van der Waals surface area contributed by atoms with E-state index in [2.05, 4.69) is 0 Å². The Morgan fingerprint density at radius 1 is 1.37 bits per heavy atom. The van der Waals surface area contributed by atoms with Crippen LogP contribution in [-0.4, -0.2) is 30.2 Å². The molecule has 0 radical (unpaired) electrons. The monoisotopic (exact) mass is 278 g/mol. The quantitative estimate of drug-likeness (QED) is 0.868. The third kappa shape index (κ3) is 4.87. The summed E-state index contributed by atoms with van der Waals surface area (Å²) < 4.78 is 43.4. The van der Waals surface area contributed by atoms with Gasteiger partial charge in [0.05, 0.1) is 12.6 Å². The van der Waals surface area contributed by atoms with Crippen LogP contribution < -0.4 is 5.73 Å². The minimum Gasteiger partial charge on any atom is -0.465 e. The first-order valence-corrected chi connectivity index (χ1v) is 6.37. The van der Waals surface area contributed by atoms with Crippen molar-refractivity contribution >= 4 is 0 Å². The summed E-state index contributed by atoms with van der Waals surface area (Å²) in [5, 5.41) is 0. The number of furan rings is 1. The summed E-state index contributed by atoms with van der Waals surface area (Å²) in [4.78, 5) is 1.34. The molecule has 0 spiro atoms. The van der Waals surface area contributed by atoms with E-state index in [4.69, 9.17) is 10.2 Å². The summed E-state index contributed by atoms with van der Waals surface area (Å²) in [5.41, 5.74) is 5.86. The van der Waals surface area contributed by atoms with Crippen molar-refractivity contribution < 1.29 is 17.6 Å². The van der Waals surface area contributed by atoms with E-state index >= 15 is 0 Å². The SMILES string of the molecule is CCCN(CC(F)(F)F)C(c1ccc(C)o1)C(C)N. The number of nitrogens with zero attached hydrogens (tertiary/aromatic N) is 1. The van der Waals surface area contributed by atoms with Gasteiger partial charge in [-0.25, -0.2) is 0 Å². The lowest BCUT2D eigenvalue weighted by Crippen LogP contribution is -2.44. The average molecular weight is 278 g/mol. The molecule has 1 aromatic heterocycles. The van der Waals surface area contributed by atoms with E-state index in [-0.39, 0.29) is 0 Å². The highest BCUT2D eigenvalue weighted by molar-refractivity contribution is 5.12. The fourth-order valence-electron chi connectivity index (χ4n) is 2.22. The summed E-state index contributed by atoms with van der Waals surface area (Å²) in [5.74, 6) is 1.16. The Hall–Kier alpha value is -1.01. The third-order valence-electron chi connectivity index (χ3n) is 2.84. The van der Waals surface area contributed by atoms with Gasteiger partial charge >= 0.3 is 6.18 Å². The van der Waals surface area contributed by atoms with Crippen molar-refractivity contribution in [3.8, 4) is 0 Å². The van der Waals surface area contributed by atoms with Gasteiger partial charge in [-0.1, -0.05) is 6.92 Å². The Labute approximate surface area is 111 Å². The number of alkyl halides is 3. The largest absolute Gasteiger partial charge is 0.465 e. The zero-order valence-corrected chi connectivity index (χ0v) is 11.5. The van der Waals surface area contributed by atoms with Crippen molar-refractivity contribution in [2.75, 3.05) is 13.1 Å². The molecule has 2 N–H and O–H groups in total. The van der Waals surface area contributed by atoms with Gasteiger partial charge in [-0.05, 0) is 38.9 Å². The summed E-state index contributed by atoms with van der Waals surface area (Å²) in [6.07, 6.45) is -3.62. The van der Waals surface area contributed by atoms with Gasteiger partial charge in [-0.3, -0.25) is 4.90 Å². The highest BCUT2D eigenvalue weighted by Crippen LogP contribution is 2.29. The molecule has 0 aliphatic rings. The van der Waals surface area contributed by atoms with Crippen LogP contribution in [0.2, 0.25) is 0 Å². The van der Waals surface area contributed by atoms with Gasteiger partial charge in [-0.2, -0.15) is 13.2 Å². The Bertz CT molecular complexity index is 387. The number of hydrogen-bond acceptors (Lipinski definition) is 3. The molecule has 19 heavy (non-hydrogen) atoms. The Morgan fingerprint density at radius 3 is 2.37 bits per heavy atom. The molecule has 1 aromatic rings. The van der Waals surface area contributed by atoms with Gasteiger partial charge in [0.1, 0.15) is 11.5 Å². The van der Waals surface area contributed by atoms with Gasteiger partial charge in [0, 0.05) is 6.04 Å². The van der Waals surface area contributed by atoms with Crippen LogP contribution >= 0.6 is 0 Å². The Kier molecular flexibility index (Phi) is 5.43. The van der Waals surface area contributed by atoms with E-state index in [1.54, 1.807) is 26.0 Å². The Morgan fingerprint density at radius 2 is 2.00 bits per heavy atom. The molecule has 0 bridgehead atoms. The van der Waals surface area contributed by atoms with Crippen molar-refractivity contribution in [3.05, 3.63) is 23.7 Å². The number of rotatable bonds is 6. The fraction of sp³-hybridized carbons (Fsp3) is 0.692. The lowest BCUT2D eigenvalue weighted by molar-refractivity contribution is -0.152. The topological polar surface area (TPSA) is 42.4 Å². The second-order valence-corrected chi connectivity index (χ2v) is 4.84. The zero-order valence-electron chi connectivity index (χ0n) is 11.5. The normalized spacial score (nSPS) is 15.8. The van der Waals surface area contributed by atoms with Gasteiger partial charge in [0.2, 0.25) is 0 Å². The van der Waals surface area contributed by atoms with Gasteiger partial charge in [0.15, 0.2) is 0 Å². The maximum Gasteiger partial charge on any atom is 0.401 e. The zero-order chi connectivity index (χ0) is 14.6. The highest BCUT2D eigenvalue weighted by Gasteiger charge is 2.36. The Balaban J connectivity index is 2.99. The molecule has 0 amide bonds. The number of nitrogens with two attached hydrogens (primary N) is 1. The predicted molar refractivity (Wildman–Crippen MR) is 67.8 cm³/mol. The molecule has 0 aliphatic carbocycles. The van der Waals surface area contributed by atoms with Gasteiger partial charge < -0.3 is 10.2 Å². The minimum atomic E-state index is -4.25.